The lowest BCUT2D eigenvalue weighted by molar-refractivity contribution is -0.131. The van der Waals surface area contributed by atoms with Crippen LogP contribution in [0.4, 0.5) is 0 Å². The van der Waals surface area contributed by atoms with Crippen LogP contribution in [0, 0.1) is 0 Å². The van der Waals surface area contributed by atoms with Crippen LogP contribution in [0.15, 0.2) is 0 Å². The third kappa shape index (κ3) is 3.14. The van der Waals surface area contributed by atoms with E-state index >= 15 is 0 Å². The highest BCUT2D eigenvalue weighted by atomic mass is 16.2. The van der Waals surface area contributed by atoms with E-state index in [1.165, 1.54) is 0 Å². The zero-order chi connectivity index (χ0) is 9.68. The second-order valence-corrected chi connectivity index (χ2v) is 3.31. The summed E-state index contributed by atoms with van der Waals surface area (Å²) < 4.78 is 0. The van der Waals surface area contributed by atoms with Crippen LogP contribution < -0.4 is 10.6 Å². The molecule has 0 spiro atoms. The van der Waals surface area contributed by atoms with E-state index in [1.54, 1.807) is 0 Å². The third-order valence-electron chi connectivity index (χ3n) is 2.12. The number of amides is 2. The van der Waals surface area contributed by atoms with Crippen LogP contribution in [0.5, 0.6) is 0 Å². The van der Waals surface area contributed by atoms with E-state index in [4.69, 9.17) is 0 Å². The van der Waals surface area contributed by atoms with Crippen molar-refractivity contribution in [2.75, 3.05) is 6.54 Å². The smallest absolute Gasteiger partial charge is 0.243 e. The zero-order valence-corrected chi connectivity index (χ0v) is 7.93. The molecule has 0 saturated carbocycles. The maximum absolute atomic E-state index is 11.3. The first-order chi connectivity index (χ1) is 6.24. The molecule has 2 amide bonds. The minimum absolute atomic E-state index is 0.152. The van der Waals surface area contributed by atoms with Gasteiger partial charge in [0.1, 0.15) is 0 Å². The predicted octanol–water partition coefficient (Wildman–Crippen LogP) is 0.181. The number of hydrogen-bond donors (Lipinski definition) is 2. The first kappa shape index (κ1) is 10.2. The van der Waals surface area contributed by atoms with Crippen LogP contribution in [0.2, 0.25) is 0 Å². The van der Waals surface area contributed by atoms with Gasteiger partial charge in [0.15, 0.2) is 0 Å². The summed E-state index contributed by atoms with van der Waals surface area (Å²) in [6.07, 6.45) is 3.06. The van der Waals surface area contributed by atoms with E-state index in [0.717, 1.165) is 25.8 Å². The van der Waals surface area contributed by atoms with Gasteiger partial charge in [-0.1, -0.05) is 6.92 Å². The van der Waals surface area contributed by atoms with Gasteiger partial charge in [0.05, 0.1) is 6.04 Å². The average Bonchev–Trinajstić information content (AvgIpc) is 2.55. The van der Waals surface area contributed by atoms with Crippen LogP contribution in [0.3, 0.4) is 0 Å². The van der Waals surface area contributed by atoms with Gasteiger partial charge >= 0.3 is 0 Å². The van der Waals surface area contributed by atoms with Crippen molar-refractivity contribution in [3.05, 3.63) is 0 Å². The molecular formula is C9H16N2O2. The average molecular weight is 184 g/mol. The first-order valence-corrected chi connectivity index (χ1v) is 4.81. The molecule has 2 N–H and O–H groups in total. The van der Waals surface area contributed by atoms with Crippen molar-refractivity contribution in [3.8, 4) is 0 Å². The molecule has 1 saturated heterocycles. The van der Waals surface area contributed by atoms with Gasteiger partial charge in [0, 0.05) is 6.42 Å². The molecule has 1 fully saturated rings. The van der Waals surface area contributed by atoms with Crippen molar-refractivity contribution in [1.82, 2.24) is 10.6 Å². The Labute approximate surface area is 78.1 Å². The fourth-order valence-electron chi connectivity index (χ4n) is 1.42. The molecule has 1 rings (SSSR count). The summed E-state index contributed by atoms with van der Waals surface area (Å²) in [5.74, 6) is -0.336. The summed E-state index contributed by atoms with van der Waals surface area (Å²) in [6, 6.07) is -0.152. The molecule has 0 aromatic rings. The van der Waals surface area contributed by atoms with Crippen molar-refractivity contribution in [1.29, 1.82) is 0 Å². The van der Waals surface area contributed by atoms with Gasteiger partial charge in [-0.2, -0.15) is 0 Å². The monoisotopic (exact) mass is 184 g/mol. The molecule has 1 aliphatic rings. The van der Waals surface area contributed by atoms with E-state index in [-0.39, 0.29) is 17.9 Å². The minimum Gasteiger partial charge on any atom is -0.306 e. The van der Waals surface area contributed by atoms with Gasteiger partial charge in [0.2, 0.25) is 11.8 Å². The highest BCUT2D eigenvalue weighted by molar-refractivity contribution is 5.97. The number of rotatable bonds is 3. The van der Waals surface area contributed by atoms with Crippen molar-refractivity contribution >= 4 is 11.8 Å². The number of hydrogen-bond acceptors (Lipinski definition) is 3. The van der Waals surface area contributed by atoms with Gasteiger partial charge in [-0.15, -0.1) is 0 Å². The number of imide groups is 1. The topological polar surface area (TPSA) is 58.2 Å². The van der Waals surface area contributed by atoms with Gasteiger partial charge < -0.3 is 5.32 Å². The Bertz CT molecular complexity index is 198. The van der Waals surface area contributed by atoms with E-state index in [1.807, 2.05) is 6.92 Å². The van der Waals surface area contributed by atoms with Crippen molar-refractivity contribution in [3.63, 3.8) is 0 Å². The van der Waals surface area contributed by atoms with Crippen molar-refractivity contribution in [2.24, 2.45) is 0 Å². The fraction of sp³-hybridized carbons (Fsp3) is 0.778. The van der Waals surface area contributed by atoms with Gasteiger partial charge in [-0.25, -0.2) is 0 Å². The standard InChI is InChI=1S/C9H16N2O2/c1-2-4-8(12)11-9(13)7-5-3-6-10-7/h7,10H,2-6H2,1H3,(H,11,12,13)/t7-/m0/s1. The molecule has 0 radical (unpaired) electrons. The zero-order valence-electron chi connectivity index (χ0n) is 7.93. The Hall–Kier alpha value is -0.900. The Balaban J connectivity index is 2.27. The third-order valence-corrected chi connectivity index (χ3v) is 2.12. The minimum atomic E-state index is -0.170. The van der Waals surface area contributed by atoms with E-state index in [2.05, 4.69) is 10.6 Å². The largest absolute Gasteiger partial charge is 0.306 e. The van der Waals surface area contributed by atoms with Crippen molar-refractivity contribution < 1.29 is 9.59 Å². The lowest BCUT2D eigenvalue weighted by Gasteiger charge is -2.09. The highest BCUT2D eigenvalue weighted by Crippen LogP contribution is 2.04. The summed E-state index contributed by atoms with van der Waals surface area (Å²) in [7, 11) is 0. The molecule has 4 nitrogen and oxygen atoms in total. The molecular weight excluding hydrogens is 168 g/mol. The summed E-state index contributed by atoms with van der Waals surface area (Å²) in [5.41, 5.74) is 0. The molecule has 1 aliphatic heterocycles. The van der Waals surface area contributed by atoms with Crippen LogP contribution in [-0.2, 0) is 9.59 Å². The molecule has 0 aromatic heterocycles. The molecule has 0 aliphatic carbocycles. The Morgan fingerprint density at radius 1 is 1.54 bits per heavy atom. The molecule has 0 unspecified atom stereocenters. The molecule has 4 heteroatoms. The molecule has 74 valence electrons. The second-order valence-electron chi connectivity index (χ2n) is 3.31. The van der Waals surface area contributed by atoms with E-state index < -0.39 is 0 Å². The van der Waals surface area contributed by atoms with Gasteiger partial charge in [-0.05, 0) is 25.8 Å². The Kier molecular flexibility index (Phi) is 3.89. The molecule has 1 atom stereocenters. The van der Waals surface area contributed by atoms with Gasteiger partial charge in [-0.3, -0.25) is 14.9 Å². The highest BCUT2D eigenvalue weighted by Gasteiger charge is 2.22. The number of carbonyl (C=O) groups is 2. The lowest BCUT2D eigenvalue weighted by Crippen LogP contribution is -2.43. The summed E-state index contributed by atoms with van der Waals surface area (Å²) in [5, 5.41) is 5.42. The normalized spacial score (nSPS) is 21.5. The van der Waals surface area contributed by atoms with Crippen LogP contribution >= 0.6 is 0 Å². The van der Waals surface area contributed by atoms with Crippen molar-refractivity contribution in [2.45, 2.75) is 38.6 Å². The van der Waals surface area contributed by atoms with Crippen LogP contribution in [-0.4, -0.2) is 24.4 Å². The second kappa shape index (κ2) is 4.97. The molecule has 1 heterocycles. The molecule has 0 bridgehead atoms. The van der Waals surface area contributed by atoms with Crippen LogP contribution in [0.25, 0.3) is 0 Å². The Morgan fingerprint density at radius 3 is 2.85 bits per heavy atom. The van der Waals surface area contributed by atoms with Crippen LogP contribution in [0.1, 0.15) is 32.6 Å². The predicted molar refractivity (Wildman–Crippen MR) is 49.1 cm³/mol. The molecule has 0 aromatic carbocycles. The maximum Gasteiger partial charge on any atom is 0.243 e. The summed E-state index contributed by atoms with van der Waals surface area (Å²) in [6.45, 7) is 2.79. The number of nitrogens with one attached hydrogen (secondary N) is 2. The Morgan fingerprint density at radius 2 is 2.31 bits per heavy atom. The van der Waals surface area contributed by atoms with E-state index in [9.17, 15) is 9.59 Å². The lowest BCUT2D eigenvalue weighted by atomic mass is 10.2. The summed E-state index contributed by atoms with van der Waals surface area (Å²) >= 11 is 0. The SMILES string of the molecule is CCCC(=O)NC(=O)[C@@H]1CCCN1. The quantitative estimate of drug-likeness (QED) is 0.658. The maximum atomic E-state index is 11.3. The fourth-order valence-corrected chi connectivity index (χ4v) is 1.42. The first-order valence-electron chi connectivity index (χ1n) is 4.81. The summed E-state index contributed by atoms with van der Waals surface area (Å²) in [4.78, 5) is 22.4. The van der Waals surface area contributed by atoms with Gasteiger partial charge in [0.25, 0.3) is 0 Å². The number of carbonyl (C=O) groups excluding carboxylic acids is 2. The van der Waals surface area contributed by atoms with E-state index in [0.29, 0.717) is 6.42 Å². The molecule has 13 heavy (non-hydrogen) atoms.